The molecule has 0 aromatic carbocycles. The SMILES string of the molecule is CC1CCN(C(CN=C(NCCc2ccco2)NCC2CCOC2)c2cccs2)CC1.I. The monoisotopic (exact) mass is 572 g/mol. The number of guanidine groups is 1. The van der Waals surface area contributed by atoms with Crippen LogP contribution in [0, 0.1) is 11.8 Å². The van der Waals surface area contributed by atoms with E-state index in [1.54, 1.807) is 6.26 Å². The van der Waals surface area contributed by atoms with E-state index >= 15 is 0 Å². The summed E-state index contributed by atoms with van der Waals surface area (Å²) in [6.07, 6.45) is 6.25. The molecule has 0 bridgehead atoms. The fourth-order valence-corrected chi connectivity index (χ4v) is 5.15. The molecule has 2 unspecified atom stereocenters. The predicted octanol–water partition coefficient (Wildman–Crippen LogP) is 4.55. The fraction of sp³-hybridized carbons (Fsp3) is 0.625. The maximum absolute atomic E-state index is 5.54. The van der Waals surface area contributed by atoms with Crippen molar-refractivity contribution in [3.8, 4) is 0 Å². The van der Waals surface area contributed by atoms with Gasteiger partial charge in [0.25, 0.3) is 0 Å². The van der Waals surface area contributed by atoms with Gasteiger partial charge in [-0.1, -0.05) is 13.0 Å². The Morgan fingerprint density at radius 1 is 1.22 bits per heavy atom. The Balaban J connectivity index is 0.00000289. The van der Waals surface area contributed by atoms with E-state index in [1.165, 1.54) is 17.7 Å². The first kappa shape index (κ1) is 25.5. The Morgan fingerprint density at radius 3 is 2.78 bits per heavy atom. The number of rotatable bonds is 9. The smallest absolute Gasteiger partial charge is 0.191 e. The number of furan rings is 1. The maximum atomic E-state index is 5.54. The molecule has 6 nitrogen and oxygen atoms in total. The molecule has 2 N–H and O–H groups in total. The van der Waals surface area contributed by atoms with Crippen molar-refractivity contribution >= 4 is 41.3 Å². The van der Waals surface area contributed by atoms with Crippen molar-refractivity contribution in [2.75, 3.05) is 45.9 Å². The third-order valence-electron chi connectivity index (χ3n) is 6.38. The number of piperidine rings is 1. The van der Waals surface area contributed by atoms with Crippen molar-refractivity contribution < 1.29 is 9.15 Å². The molecule has 2 aliphatic heterocycles. The Bertz CT molecular complexity index is 770. The van der Waals surface area contributed by atoms with Crippen molar-refractivity contribution in [1.82, 2.24) is 15.5 Å². The van der Waals surface area contributed by atoms with Gasteiger partial charge in [0.15, 0.2) is 5.96 Å². The minimum Gasteiger partial charge on any atom is -0.469 e. The number of halogens is 1. The zero-order valence-corrected chi connectivity index (χ0v) is 22.1. The standard InChI is InChI=1S/C24H36N4O2S.HI/c1-19-7-11-28(12-8-19)22(23-5-3-15-31-23)17-27-24(26-16-20-9-14-29-18-20)25-10-6-21-4-2-13-30-21;/h2-5,13,15,19-20,22H,6-12,14,16-18H2,1H3,(H2,25,26,27);1H. The molecule has 178 valence electrons. The van der Waals surface area contributed by atoms with Crippen LogP contribution in [-0.2, 0) is 11.2 Å². The van der Waals surface area contributed by atoms with Crippen molar-refractivity contribution in [2.45, 2.75) is 38.6 Å². The fourth-order valence-electron chi connectivity index (χ4n) is 4.30. The highest BCUT2D eigenvalue weighted by Crippen LogP contribution is 2.29. The van der Waals surface area contributed by atoms with Crippen LogP contribution < -0.4 is 10.6 Å². The molecule has 4 heterocycles. The highest BCUT2D eigenvalue weighted by Gasteiger charge is 2.25. The number of hydrogen-bond donors (Lipinski definition) is 2. The zero-order valence-electron chi connectivity index (χ0n) is 19.0. The highest BCUT2D eigenvalue weighted by molar-refractivity contribution is 14.0. The third-order valence-corrected chi connectivity index (χ3v) is 7.35. The van der Waals surface area contributed by atoms with Gasteiger partial charge in [-0.05, 0) is 61.8 Å². The molecule has 2 fully saturated rings. The molecule has 0 amide bonds. The summed E-state index contributed by atoms with van der Waals surface area (Å²) >= 11 is 1.85. The van der Waals surface area contributed by atoms with E-state index in [4.69, 9.17) is 14.1 Å². The summed E-state index contributed by atoms with van der Waals surface area (Å²) in [5.41, 5.74) is 0. The number of thiophene rings is 1. The van der Waals surface area contributed by atoms with Gasteiger partial charge in [-0.25, -0.2) is 0 Å². The van der Waals surface area contributed by atoms with Crippen molar-refractivity contribution in [1.29, 1.82) is 0 Å². The first-order chi connectivity index (χ1) is 15.3. The minimum atomic E-state index is 0. The molecule has 0 spiro atoms. The molecule has 2 aromatic rings. The summed E-state index contributed by atoms with van der Waals surface area (Å²) in [7, 11) is 0. The van der Waals surface area contributed by atoms with E-state index in [0.29, 0.717) is 12.0 Å². The van der Waals surface area contributed by atoms with E-state index in [0.717, 1.165) is 76.4 Å². The lowest BCUT2D eigenvalue weighted by atomic mass is 9.97. The van der Waals surface area contributed by atoms with Crippen LogP contribution in [0.15, 0.2) is 45.3 Å². The van der Waals surface area contributed by atoms with Crippen LogP contribution >= 0.6 is 35.3 Å². The molecule has 4 rings (SSSR count). The molecule has 0 aliphatic carbocycles. The summed E-state index contributed by atoms with van der Waals surface area (Å²) in [6, 6.07) is 8.73. The quantitative estimate of drug-likeness (QED) is 0.263. The average molecular weight is 573 g/mol. The van der Waals surface area contributed by atoms with Gasteiger partial charge in [-0.2, -0.15) is 0 Å². The molecule has 32 heavy (non-hydrogen) atoms. The van der Waals surface area contributed by atoms with E-state index in [9.17, 15) is 0 Å². The van der Waals surface area contributed by atoms with Gasteiger partial charge >= 0.3 is 0 Å². The summed E-state index contributed by atoms with van der Waals surface area (Å²) in [4.78, 5) is 9.08. The van der Waals surface area contributed by atoms with E-state index in [-0.39, 0.29) is 24.0 Å². The molecule has 2 aliphatic rings. The summed E-state index contributed by atoms with van der Waals surface area (Å²) in [5.74, 6) is 3.28. The number of nitrogens with zero attached hydrogens (tertiary/aromatic N) is 2. The normalized spacial score (nSPS) is 21.3. The molecule has 8 heteroatoms. The highest BCUT2D eigenvalue weighted by atomic mass is 127. The first-order valence-electron chi connectivity index (χ1n) is 11.7. The van der Waals surface area contributed by atoms with Gasteiger partial charge in [0.1, 0.15) is 5.76 Å². The van der Waals surface area contributed by atoms with Crippen LogP contribution in [0.2, 0.25) is 0 Å². The Morgan fingerprint density at radius 2 is 2.09 bits per heavy atom. The van der Waals surface area contributed by atoms with E-state index in [1.807, 2.05) is 23.5 Å². The molecule has 0 radical (unpaired) electrons. The summed E-state index contributed by atoms with van der Waals surface area (Å²) in [6.45, 7) is 8.87. The van der Waals surface area contributed by atoms with Crippen LogP contribution in [0.25, 0.3) is 0 Å². The molecular formula is C24H37IN4O2S. The van der Waals surface area contributed by atoms with E-state index < -0.39 is 0 Å². The molecule has 2 aromatic heterocycles. The van der Waals surface area contributed by atoms with Crippen molar-refractivity contribution in [3.63, 3.8) is 0 Å². The van der Waals surface area contributed by atoms with Gasteiger partial charge in [0.2, 0.25) is 0 Å². The largest absolute Gasteiger partial charge is 0.469 e. The second kappa shape index (κ2) is 13.6. The van der Waals surface area contributed by atoms with Crippen molar-refractivity contribution in [2.24, 2.45) is 16.8 Å². The number of nitrogens with one attached hydrogen (secondary N) is 2. The Kier molecular flexibility index (Phi) is 10.8. The van der Waals surface area contributed by atoms with Crippen LogP contribution in [0.4, 0.5) is 0 Å². The Hall–Kier alpha value is -1.10. The second-order valence-corrected chi connectivity index (χ2v) is 9.78. The van der Waals surface area contributed by atoms with Gasteiger partial charge in [-0.3, -0.25) is 9.89 Å². The molecule has 0 saturated carbocycles. The van der Waals surface area contributed by atoms with Crippen molar-refractivity contribution in [3.05, 3.63) is 46.5 Å². The van der Waals surface area contributed by atoms with Gasteiger partial charge < -0.3 is 19.8 Å². The van der Waals surface area contributed by atoms with Crippen LogP contribution in [0.1, 0.15) is 42.9 Å². The molecular weight excluding hydrogens is 535 g/mol. The third kappa shape index (κ3) is 7.74. The number of aliphatic imine (C=N–C) groups is 1. The predicted molar refractivity (Wildman–Crippen MR) is 142 cm³/mol. The first-order valence-corrected chi connectivity index (χ1v) is 12.6. The zero-order chi connectivity index (χ0) is 21.3. The lowest BCUT2D eigenvalue weighted by molar-refractivity contribution is 0.143. The lowest BCUT2D eigenvalue weighted by Crippen LogP contribution is -2.42. The lowest BCUT2D eigenvalue weighted by Gasteiger charge is -2.35. The van der Waals surface area contributed by atoms with Crippen LogP contribution in [0.5, 0.6) is 0 Å². The number of hydrogen-bond acceptors (Lipinski definition) is 5. The van der Waals surface area contributed by atoms with E-state index in [2.05, 4.69) is 40.0 Å². The van der Waals surface area contributed by atoms with Crippen LogP contribution in [-0.4, -0.2) is 56.8 Å². The van der Waals surface area contributed by atoms with Gasteiger partial charge in [-0.15, -0.1) is 35.3 Å². The van der Waals surface area contributed by atoms with Gasteiger partial charge in [0.05, 0.1) is 25.5 Å². The van der Waals surface area contributed by atoms with Crippen LogP contribution in [0.3, 0.4) is 0 Å². The summed E-state index contributed by atoms with van der Waals surface area (Å²) < 4.78 is 11.0. The number of likely N-dealkylation sites (tertiary alicyclic amines) is 1. The topological polar surface area (TPSA) is 62.0 Å². The average Bonchev–Trinajstić information content (AvgIpc) is 3.57. The Labute approximate surface area is 213 Å². The summed E-state index contributed by atoms with van der Waals surface area (Å²) in [5, 5.41) is 9.26. The molecule has 2 saturated heterocycles. The maximum Gasteiger partial charge on any atom is 0.191 e. The number of ether oxygens (including phenoxy) is 1. The minimum absolute atomic E-state index is 0. The molecule has 2 atom stereocenters. The second-order valence-electron chi connectivity index (χ2n) is 8.81. The van der Waals surface area contributed by atoms with Gasteiger partial charge in [0, 0.05) is 36.9 Å².